The van der Waals surface area contributed by atoms with Gasteiger partial charge in [-0.15, -0.1) is 0 Å². The molecule has 0 spiro atoms. The Bertz CT molecular complexity index is 1070. The van der Waals surface area contributed by atoms with E-state index in [1.165, 1.54) is 33.5 Å². The number of anilines is 1. The van der Waals surface area contributed by atoms with Gasteiger partial charge in [0.05, 0.1) is 44.7 Å². The molecule has 0 aliphatic carbocycles. The number of benzene rings is 1. The number of methoxy groups -OCH3 is 3. The normalized spacial score (nSPS) is 17.1. The van der Waals surface area contributed by atoms with Gasteiger partial charge in [0, 0.05) is 25.6 Å². The third-order valence-corrected chi connectivity index (χ3v) is 11.4. The van der Waals surface area contributed by atoms with Crippen molar-refractivity contribution in [2.45, 2.75) is 76.2 Å². The predicted octanol–water partition coefficient (Wildman–Crippen LogP) is 4.75. The average Bonchev–Trinajstić information content (AvgIpc) is 3.34. The molecule has 230 valence electrons. The minimum absolute atomic E-state index is 0.00586. The Morgan fingerprint density at radius 3 is 2.41 bits per heavy atom. The van der Waals surface area contributed by atoms with Crippen LogP contribution < -0.4 is 14.8 Å². The lowest BCUT2D eigenvalue weighted by atomic mass is 9.98. The number of likely N-dealkylation sites (tertiary alicyclic amines) is 1. The first-order chi connectivity index (χ1) is 19.3. The Hall–Kier alpha value is -3.09. The minimum Gasteiger partial charge on any atom is -0.493 e. The second kappa shape index (κ2) is 15.2. The van der Waals surface area contributed by atoms with Gasteiger partial charge in [-0.3, -0.25) is 14.9 Å². The molecular weight excluding hydrogens is 548 g/mol. The molecular formula is C29H46N2O9Si. The molecule has 0 saturated carbocycles. The summed E-state index contributed by atoms with van der Waals surface area (Å²) in [5, 5.41) is 2.34. The van der Waals surface area contributed by atoms with E-state index in [2.05, 4.69) is 25.7 Å². The number of nitrogens with one attached hydrogen (secondary N) is 1. The zero-order valence-corrected chi connectivity index (χ0v) is 26.4. The van der Waals surface area contributed by atoms with Crippen LogP contribution in [0.2, 0.25) is 18.1 Å². The molecule has 1 fully saturated rings. The van der Waals surface area contributed by atoms with Gasteiger partial charge < -0.3 is 33.4 Å². The third-order valence-electron chi connectivity index (χ3n) is 7.87. The van der Waals surface area contributed by atoms with Crippen LogP contribution in [0.5, 0.6) is 11.5 Å². The molecule has 1 heterocycles. The first-order valence-corrected chi connectivity index (χ1v) is 16.8. The number of hydrogen-bond donors (Lipinski definition) is 2. The van der Waals surface area contributed by atoms with E-state index in [1.54, 1.807) is 11.0 Å². The molecule has 41 heavy (non-hydrogen) atoms. The summed E-state index contributed by atoms with van der Waals surface area (Å²) >= 11 is 0. The molecule has 0 aromatic heterocycles. The van der Waals surface area contributed by atoms with Crippen molar-refractivity contribution in [3.05, 3.63) is 30.4 Å². The Morgan fingerprint density at radius 2 is 1.83 bits per heavy atom. The Kier molecular flexibility index (Phi) is 12.7. The lowest BCUT2D eigenvalue weighted by Gasteiger charge is -2.37. The van der Waals surface area contributed by atoms with Crippen molar-refractivity contribution in [3.8, 4) is 11.5 Å². The second-order valence-corrected chi connectivity index (χ2v) is 15.7. The molecule has 0 bridgehead atoms. The quantitative estimate of drug-likeness (QED) is 0.128. The van der Waals surface area contributed by atoms with Crippen LogP contribution >= 0.6 is 0 Å². The lowest BCUT2D eigenvalue weighted by Crippen LogP contribution is -2.44. The molecule has 1 aromatic rings. The van der Waals surface area contributed by atoms with E-state index in [0.717, 1.165) is 0 Å². The first kappa shape index (κ1) is 34.1. The van der Waals surface area contributed by atoms with Gasteiger partial charge in [0.25, 0.3) is 5.91 Å². The van der Waals surface area contributed by atoms with Crippen LogP contribution in [0.15, 0.2) is 24.8 Å². The van der Waals surface area contributed by atoms with Crippen molar-refractivity contribution in [1.29, 1.82) is 0 Å². The maximum atomic E-state index is 14.1. The molecule has 1 aliphatic rings. The molecule has 1 aromatic carbocycles. The average molecular weight is 595 g/mol. The molecule has 12 heteroatoms. The number of ether oxygens (including phenoxy) is 5. The lowest BCUT2D eigenvalue weighted by molar-refractivity contribution is -0.141. The molecule has 0 radical (unpaired) electrons. The second-order valence-electron chi connectivity index (χ2n) is 11.2. The highest BCUT2D eigenvalue weighted by atomic mass is 28.4. The van der Waals surface area contributed by atoms with Crippen LogP contribution in [-0.4, -0.2) is 89.2 Å². The molecule has 0 unspecified atom stereocenters. The van der Waals surface area contributed by atoms with Crippen molar-refractivity contribution in [3.63, 3.8) is 0 Å². The topological polar surface area (TPSA) is 133 Å². The van der Waals surface area contributed by atoms with Gasteiger partial charge in [0.2, 0.25) is 0 Å². The highest BCUT2D eigenvalue weighted by Gasteiger charge is 2.43. The number of carbonyl (C=O) groups is 3. The minimum atomic E-state index is -2.50. The van der Waals surface area contributed by atoms with Crippen molar-refractivity contribution in [2.24, 2.45) is 0 Å². The zero-order valence-electron chi connectivity index (χ0n) is 25.4. The molecule has 2 N–H and O–H groups in total. The number of amides is 2. The van der Waals surface area contributed by atoms with Crippen LogP contribution in [-0.2, 0) is 19.0 Å². The summed E-state index contributed by atoms with van der Waals surface area (Å²) in [6.45, 7) is 12.3. The van der Waals surface area contributed by atoms with Gasteiger partial charge in [-0.05, 0) is 49.9 Å². The summed E-state index contributed by atoms with van der Waals surface area (Å²) < 4.78 is 26.8. The SMILES string of the molecule is C=CCOC(=O)Nc1cc(OC)c(OC)cc1C(=O)N1CC[C@H](OCCCC(=O)OC)[C@H]1CCC(C)(C)[Si](C)(C)O. The highest BCUT2D eigenvalue weighted by molar-refractivity contribution is 6.72. The van der Waals surface area contributed by atoms with Crippen LogP contribution in [0.4, 0.5) is 10.5 Å². The molecule has 1 saturated heterocycles. The van der Waals surface area contributed by atoms with Crippen LogP contribution in [0, 0.1) is 0 Å². The summed E-state index contributed by atoms with van der Waals surface area (Å²) in [5.41, 5.74) is 0.429. The molecule has 2 atom stereocenters. The smallest absolute Gasteiger partial charge is 0.411 e. The van der Waals surface area contributed by atoms with Crippen LogP contribution in [0.25, 0.3) is 0 Å². The Balaban J connectivity index is 2.39. The predicted molar refractivity (Wildman–Crippen MR) is 158 cm³/mol. The van der Waals surface area contributed by atoms with Crippen molar-refractivity contribution in [2.75, 3.05) is 46.4 Å². The van der Waals surface area contributed by atoms with Crippen molar-refractivity contribution >= 4 is 32.0 Å². The van der Waals surface area contributed by atoms with E-state index in [0.29, 0.717) is 50.3 Å². The highest BCUT2D eigenvalue weighted by Crippen LogP contribution is 2.42. The summed E-state index contributed by atoms with van der Waals surface area (Å²) in [6.07, 6.45) is 3.08. The maximum Gasteiger partial charge on any atom is 0.411 e. The number of rotatable bonds is 15. The van der Waals surface area contributed by atoms with Gasteiger partial charge in [0.1, 0.15) is 6.61 Å². The van der Waals surface area contributed by atoms with E-state index < -0.39 is 14.4 Å². The van der Waals surface area contributed by atoms with Crippen molar-refractivity contribution < 1.29 is 42.9 Å². The van der Waals surface area contributed by atoms with E-state index >= 15 is 0 Å². The van der Waals surface area contributed by atoms with Gasteiger partial charge in [-0.2, -0.15) is 0 Å². The van der Waals surface area contributed by atoms with Gasteiger partial charge >= 0.3 is 12.1 Å². The number of hydrogen-bond acceptors (Lipinski definition) is 9. The van der Waals surface area contributed by atoms with Gasteiger partial charge in [-0.25, -0.2) is 4.79 Å². The van der Waals surface area contributed by atoms with E-state index in [-0.39, 0.29) is 53.3 Å². The fourth-order valence-electron chi connectivity index (χ4n) is 4.58. The standard InChI is InChI=1S/C29H46N2O9Si/c1-9-16-40-28(34)30-21-19-25(37-5)24(36-4)18-20(21)27(33)31-15-13-23(39-17-10-11-26(32)38-6)22(31)12-14-29(2,3)41(7,8)35/h9,18-19,22-23,35H,1,10-17H2,2-8H3,(H,30,34)/t22-,23+/m1/s1. The number of nitrogens with zero attached hydrogens (tertiary/aromatic N) is 1. The summed E-state index contributed by atoms with van der Waals surface area (Å²) in [6, 6.07) is 2.78. The van der Waals surface area contributed by atoms with E-state index in [9.17, 15) is 19.2 Å². The third kappa shape index (κ3) is 9.20. The summed E-state index contributed by atoms with van der Waals surface area (Å²) in [4.78, 5) is 50.7. The summed E-state index contributed by atoms with van der Waals surface area (Å²) in [7, 11) is 1.79. The monoisotopic (exact) mass is 594 g/mol. The molecule has 2 amide bonds. The molecule has 1 aliphatic heterocycles. The van der Waals surface area contributed by atoms with Crippen molar-refractivity contribution in [1.82, 2.24) is 4.90 Å². The molecule has 11 nitrogen and oxygen atoms in total. The largest absolute Gasteiger partial charge is 0.493 e. The summed E-state index contributed by atoms with van der Waals surface area (Å²) in [5.74, 6) is 0.0606. The van der Waals surface area contributed by atoms with Crippen LogP contribution in [0.1, 0.15) is 56.3 Å². The Labute approximate surface area is 244 Å². The van der Waals surface area contributed by atoms with Gasteiger partial charge in [0.15, 0.2) is 19.8 Å². The Morgan fingerprint density at radius 1 is 1.17 bits per heavy atom. The van der Waals surface area contributed by atoms with E-state index in [1.807, 2.05) is 13.1 Å². The van der Waals surface area contributed by atoms with E-state index in [4.69, 9.17) is 23.7 Å². The number of esters is 1. The maximum absolute atomic E-state index is 14.1. The number of carbonyl (C=O) groups excluding carboxylic acids is 3. The van der Waals surface area contributed by atoms with Crippen LogP contribution in [0.3, 0.4) is 0 Å². The zero-order chi connectivity index (χ0) is 30.8. The fourth-order valence-corrected chi connectivity index (χ4v) is 5.33. The fraction of sp³-hybridized carbons (Fsp3) is 0.621. The molecule has 2 rings (SSSR count). The van der Waals surface area contributed by atoms with Gasteiger partial charge in [-0.1, -0.05) is 26.5 Å². The first-order valence-electron chi connectivity index (χ1n) is 13.8.